The van der Waals surface area contributed by atoms with Gasteiger partial charge in [0, 0.05) is 6.04 Å². The predicted molar refractivity (Wildman–Crippen MR) is 57.8 cm³/mol. The predicted octanol–water partition coefficient (Wildman–Crippen LogP) is 2.53. The Hall–Kier alpha value is -0.820. The van der Waals surface area contributed by atoms with Crippen molar-refractivity contribution in [3.05, 3.63) is 35.4 Å². The highest BCUT2D eigenvalue weighted by atomic mass is 14.6. The summed E-state index contributed by atoms with van der Waals surface area (Å²) >= 11 is 0. The average molecular weight is 177 g/mol. The highest BCUT2D eigenvalue weighted by molar-refractivity contribution is 5.27. The maximum atomic E-state index is 5.93. The molecule has 0 aliphatic heterocycles. The van der Waals surface area contributed by atoms with Crippen molar-refractivity contribution in [1.82, 2.24) is 0 Å². The number of nitrogens with two attached hydrogens (primary N) is 1. The molecule has 1 aromatic carbocycles. The Balaban J connectivity index is 2.74. The first-order valence-corrected chi connectivity index (χ1v) is 5.10. The minimum absolute atomic E-state index is 0.313. The van der Waals surface area contributed by atoms with Crippen molar-refractivity contribution in [3.63, 3.8) is 0 Å². The summed E-state index contributed by atoms with van der Waals surface area (Å²) in [6.45, 7) is 4.33. The van der Waals surface area contributed by atoms with E-state index in [1.165, 1.54) is 11.1 Å². The molecule has 0 aliphatic carbocycles. The quantitative estimate of drug-likeness (QED) is 0.751. The van der Waals surface area contributed by atoms with E-state index in [9.17, 15) is 0 Å². The third-order valence-electron chi connectivity index (χ3n) is 2.51. The Labute approximate surface area is 81.0 Å². The highest BCUT2D eigenvalue weighted by Crippen LogP contribution is 2.11. The minimum atomic E-state index is 0.313. The van der Waals surface area contributed by atoms with Gasteiger partial charge in [0.2, 0.25) is 0 Å². The molecule has 1 aromatic rings. The smallest absolute Gasteiger partial charge is 0.00767 e. The van der Waals surface area contributed by atoms with Crippen LogP contribution in [0, 0.1) is 0 Å². The molecule has 0 fully saturated rings. The molecule has 1 rings (SSSR count). The van der Waals surface area contributed by atoms with E-state index < -0.39 is 0 Å². The van der Waals surface area contributed by atoms with Crippen LogP contribution in [-0.4, -0.2) is 6.04 Å². The second-order valence-corrected chi connectivity index (χ2v) is 3.49. The lowest BCUT2D eigenvalue weighted by molar-refractivity contribution is 0.643. The first kappa shape index (κ1) is 10.3. The zero-order chi connectivity index (χ0) is 9.68. The summed E-state index contributed by atoms with van der Waals surface area (Å²) in [5.74, 6) is 0. The van der Waals surface area contributed by atoms with Crippen molar-refractivity contribution < 1.29 is 0 Å². The second-order valence-electron chi connectivity index (χ2n) is 3.49. The van der Waals surface area contributed by atoms with E-state index in [2.05, 4.69) is 38.1 Å². The highest BCUT2D eigenvalue weighted by Gasteiger charge is 2.04. The van der Waals surface area contributed by atoms with Crippen molar-refractivity contribution in [2.45, 2.75) is 39.2 Å². The van der Waals surface area contributed by atoms with Gasteiger partial charge in [-0.1, -0.05) is 38.1 Å². The second kappa shape index (κ2) is 5.03. The van der Waals surface area contributed by atoms with Crippen LogP contribution in [0.4, 0.5) is 0 Å². The van der Waals surface area contributed by atoms with Crippen LogP contribution in [-0.2, 0) is 12.8 Å². The van der Waals surface area contributed by atoms with Crippen molar-refractivity contribution in [1.29, 1.82) is 0 Å². The van der Waals surface area contributed by atoms with Crippen LogP contribution >= 0.6 is 0 Å². The van der Waals surface area contributed by atoms with E-state index in [4.69, 9.17) is 5.73 Å². The maximum absolute atomic E-state index is 5.93. The van der Waals surface area contributed by atoms with Gasteiger partial charge in [-0.25, -0.2) is 0 Å². The molecule has 0 aliphatic rings. The molecule has 1 atom stereocenters. The molecule has 0 bridgehead atoms. The Bertz CT molecular complexity index is 255. The fraction of sp³-hybridized carbons (Fsp3) is 0.500. The molecule has 0 radical (unpaired) electrons. The van der Waals surface area contributed by atoms with Gasteiger partial charge in [-0.2, -0.15) is 0 Å². The third kappa shape index (κ3) is 2.85. The van der Waals surface area contributed by atoms with Gasteiger partial charge in [-0.3, -0.25) is 0 Å². The molecule has 0 spiro atoms. The van der Waals surface area contributed by atoms with E-state index in [0.29, 0.717) is 6.04 Å². The molecular formula is C12H19N. The minimum Gasteiger partial charge on any atom is -0.327 e. The Morgan fingerprint density at radius 3 is 2.31 bits per heavy atom. The molecule has 0 unspecified atom stereocenters. The van der Waals surface area contributed by atoms with Gasteiger partial charge in [0.15, 0.2) is 0 Å². The van der Waals surface area contributed by atoms with Crippen LogP contribution in [0.5, 0.6) is 0 Å². The molecule has 0 saturated heterocycles. The SMILES string of the molecule is CCc1ccccc1C[C@H](N)CC. The Morgan fingerprint density at radius 1 is 1.15 bits per heavy atom. The molecule has 0 amide bonds. The van der Waals surface area contributed by atoms with Gasteiger partial charge in [-0.15, -0.1) is 0 Å². The van der Waals surface area contributed by atoms with E-state index in [-0.39, 0.29) is 0 Å². The van der Waals surface area contributed by atoms with Crippen molar-refractivity contribution >= 4 is 0 Å². The zero-order valence-electron chi connectivity index (χ0n) is 8.59. The fourth-order valence-corrected chi connectivity index (χ4v) is 1.53. The molecule has 2 N–H and O–H groups in total. The van der Waals surface area contributed by atoms with Crippen LogP contribution in [0.2, 0.25) is 0 Å². The number of aryl methyl sites for hydroxylation is 1. The van der Waals surface area contributed by atoms with Crippen molar-refractivity contribution in [3.8, 4) is 0 Å². The molecule has 72 valence electrons. The van der Waals surface area contributed by atoms with Gasteiger partial charge >= 0.3 is 0 Å². The summed E-state index contributed by atoms with van der Waals surface area (Å²) in [5, 5.41) is 0. The Morgan fingerprint density at radius 2 is 1.77 bits per heavy atom. The first-order chi connectivity index (χ1) is 6.27. The van der Waals surface area contributed by atoms with Gasteiger partial charge in [0.1, 0.15) is 0 Å². The first-order valence-electron chi connectivity index (χ1n) is 5.10. The molecule has 0 saturated carbocycles. The van der Waals surface area contributed by atoms with Crippen LogP contribution in [0.1, 0.15) is 31.4 Å². The molecule has 13 heavy (non-hydrogen) atoms. The van der Waals surface area contributed by atoms with Gasteiger partial charge in [0.25, 0.3) is 0 Å². The summed E-state index contributed by atoms with van der Waals surface area (Å²) in [5.41, 5.74) is 8.78. The molecule has 0 heterocycles. The van der Waals surface area contributed by atoms with Gasteiger partial charge in [0.05, 0.1) is 0 Å². The summed E-state index contributed by atoms with van der Waals surface area (Å²) in [6.07, 6.45) is 3.17. The maximum Gasteiger partial charge on any atom is 0.00767 e. The summed E-state index contributed by atoms with van der Waals surface area (Å²) < 4.78 is 0. The third-order valence-corrected chi connectivity index (χ3v) is 2.51. The Kier molecular flexibility index (Phi) is 3.97. The molecule has 1 heteroatoms. The fourth-order valence-electron chi connectivity index (χ4n) is 1.53. The lowest BCUT2D eigenvalue weighted by Gasteiger charge is -2.11. The standard InChI is InChI=1S/C12H19N/c1-3-10-7-5-6-8-11(10)9-12(13)4-2/h5-8,12H,3-4,9,13H2,1-2H3/t12-/m1/s1. The zero-order valence-corrected chi connectivity index (χ0v) is 8.59. The van der Waals surface area contributed by atoms with E-state index in [0.717, 1.165) is 19.3 Å². The van der Waals surface area contributed by atoms with Crippen LogP contribution < -0.4 is 5.73 Å². The van der Waals surface area contributed by atoms with E-state index in [1.807, 2.05) is 0 Å². The van der Waals surface area contributed by atoms with Crippen molar-refractivity contribution in [2.24, 2.45) is 5.73 Å². The summed E-state index contributed by atoms with van der Waals surface area (Å²) in [6, 6.07) is 8.88. The number of hydrogen-bond donors (Lipinski definition) is 1. The molecular weight excluding hydrogens is 158 g/mol. The molecule has 0 aromatic heterocycles. The normalized spacial score (nSPS) is 12.8. The van der Waals surface area contributed by atoms with Crippen LogP contribution in [0.15, 0.2) is 24.3 Å². The van der Waals surface area contributed by atoms with E-state index in [1.54, 1.807) is 0 Å². The lowest BCUT2D eigenvalue weighted by Crippen LogP contribution is -2.21. The topological polar surface area (TPSA) is 26.0 Å². The molecule has 1 nitrogen and oxygen atoms in total. The van der Waals surface area contributed by atoms with Gasteiger partial charge in [-0.05, 0) is 30.4 Å². The van der Waals surface area contributed by atoms with Crippen molar-refractivity contribution in [2.75, 3.05) is 0 Å². The lowest BCUT2D eigenvalue weighted by atomic mass is 9.98. The largest absolute Gasteiger partial charge is 0.327 e. The number of benzene rings is 1. The van der Waals surface area contributed by atoms with Crippen LogP contribution in [0.3, 0.4) is 0 Å². The average Bonchev–Trinajstić information content (AvgIpc) is 2.18. The van der Waals surface area contributed by atoms with Crippen LogP contribution in [0.25, 0.3) is 0 Å². The number of rotatable bonds is 4. The van der Waals surface area contributed by atoms with Gasteiger partial charge < -0.3 is 5.73 Å². The van der Waals surface area contributed by atoms with E-state index >= 15 is 0 Å². The monoisotopic (exact) mass is 177 g/mol. The summed E-state index contributed by atoms with van der Waals surface area (Å²) in [7, 11) is 0. The summed E-state index contributed by atoms with van der Waals surface area (Å²) in [4.78, 5) is 0. The number of hydrogen-bond acceptors (Lipinski definition) is 1.